The number of halogens is 1. The molecule has 0 saturated carbocycles. The van der Waals surface area contributed by atoms with Crippen molar-refractivity contribution in [3.8, 4) is 11.5 Å². The Hall–Kier alpha value is -4.27. The van der Waals surface area contributed by atoms with Gasteiger partial charge in [-0.15, -0.1) is 0 Å². The quantitative estimate of drug-likeness (QED) is 0.486. The highest BCUT2D eigenvalue weighted by Crippen LogP contribution is 2.24. The SMILES string of the molecule is Cc1nn(C)c2ncc(NC(=O)c3cnn(-c4ccccc4F)c3-n3cccc3)cc12. The molecule has 1 N–H and O–H groups in total. The Morgan fingerprint density at radius 3 is 2.65 bits per heavy atom. The number of hydrogen-bond donors (Lipinski definition) is 1. The van der Waals surface area contributed by atoms with E-state index in [-0.39, 0.29) is 11.6 Å². The fourth-order valence-corrected chi connectivity index (χ4v) is 3.60. The molecule has 0 spiro atoms. The van der Waals surface area contributed by atoms with E-state index >= 15 is 0 Å². The second kappa shape index (κ2) is 7.21. The van der Waals surface area contributed by atoms with Crippen LogP contribution in [0.1, 0.15) is 16.1 Å². The number of para-hydroxylation sites is 1. The molecule has 8 nitrogen and oxygen atoms in total. The van der Waals surface area contributed by atoms with Crippen molar-refractivity contribution in [1.82, 2.24) is 29.1 Å². The molecule has 0 bridgehead atoms. The van der Waals surface area contributed by atoms with Gasteiger partial charge in [-0.3, -0.25) is 9.48 Å². The van der Waals surface area contributed by atoms with Crippen LogP contribution in [-0.2, 0) is 7.05 Å². The van der Waals surface area contributed by atoms with Crippen LogP contribution < -0.4 is 5.32 Å². The zero-order chi connectivity index (χ0) is 21.5. The minimum atomic E-state index is -0.437. The van der Waals surface area contributed by atoms with Crippen LogP contribution in [0.2, 0.25) is 0 Å². The maximum atomic E-state index is 14.5. The summed E-state index contributed by atoms with van der Waals surface area (Å²) in [7, 11) is 1.82. The van der Waals surface area contributed by atoms with E-state index in [9.17, 15) is 9.18 Å². The zero-order valence-electron chi connectivity index (χ0n) is 16.8. The van der Waals surface area contributed by atoms with Gasteiger partial charge in [0.05, 0.1) is 23.8 Å². The highest BCUT2D eigenvalue weighted by atomic mass is 19.1. The third-order valence-corrected chi connectivity index (χ3v) is 5.04. The van der Waals surface area contributed by atoms with Crippen molar-refractivity contribution in [2.45, 2.75) is 6.92 Å². The summed E-state index contributed by atoms with van der Waals surface area (Å²) in [6.45, 7) is 1.89. The molecule has 4 heterocycles. The lowest BCUT2D eigenvalue weighted by Gasteiger charge is -2.12. The molecule has 5 aromatic rings. The van der Waals surface area contributed by atoms with Gasteiger partial charge >= 0.3 is 0 Å². The molecular weight excluding hydrogens is 397 g/mol. The van der Waals surface area contributed by atoms with E-state index in [1.165, 1.54) is 16.9 Å². The lowest BCUT2D eigenvalue weighted by Crippen LogP contribution is -2.15. The van der Waals surface area contributed by atoms with E-state index in [4.69, 9.17) is 0 Å². The molecule has 0 atom stereocenters. The predicted molar refractivity (Wildman–Crippen MR) is 114 cm³/mol. The monoisotopic (exact) mass is 415 g/mol. The Kier molecular flexibility index (Phi) is 4.36. The maximum Gasteiger partial charge on any atom is 0.261 e. The zero-order valence-corrected chi connectivity index (χ0v) is 16.8. The van der Waals surface area contributed by atoms with E-state index in [1.807, 2.05) is 32.2 Å². The lowest BCUT2D eigenvalue weighted by atomic mass is 10.2. The number of nitrogens with zero attached hydrogens (tertiary/aromatic N) is 6. The number of amides is 1. The molecule has 0 fully saturated rings. The summed E-state index contributed by atoms with van der Waals surface area (Å²) in [6.07, 6.45) is 6.56. The Labute approximate surface area is 176 Å². The summed E-state index contributed by atoms with van der Waals surface area (Å²) in [5.74, 6) is -0.388. The molecule has 0 aliphatic heterocycles. The van der Waals surface area contributed by atoms with Crippen molar-refractivity contribution in [3.63, 3.8) is 0 Å². The summed E-state index contributed by atoms with van der Waals surface area (Å²) >= 11 is 0. The summed E-state index contributed by atoms with van der Waals surface area (Å²) in [4.78, 5) is 17.6. The molecule has 154 valence electrons. The average Bonchev–Trinajstić information content (AvgIpc) is 3.48. The summed E-state index contributed by atoms with van der Waals surface area (Å²) in [5, 5.41) is 12.4. The van der Waals surface area contributed by atoms with Crippen molar-refractivity contribution in [3.05, 3.63) is 84.3 Å². The Morgan fingerprint density at radius 2 is 1.87 bits per heavy atom. The van der Waals surface area contributed by atoms with E-state index in [0.717, 1.165) is 16.7 Å². The molecular formula is C22H18FN7O. The second-order valence-corrected chi connectivity index (χ2v) is 7.09. The fourth-order valence-electron chi connectivity index (χ4n) is 3.60. The molecule has 0 unspecified atom stereocenters. The molecule has 0 radical (unpaired) electrons. The highest BCUT2D eigenvalue weighted by Gasteiger charge is 2.22. The van der Waals surface area contributed by atoms with Gasteiger partial charge in [0, 0.05) is 24.8 Å². The van der Waals surface area contributed by atoms with Gasteiger partial charge in [0.1, 0.15) is 17.1 Å². The van der Waals surface area contributed by atoms with Crippen LogP contribution in [0, 0.1) is 12.7 Å². The first-order valence-electron chi connectivity index (χ1n) is 9.60. The van der Waals surface area contributed by atoms with Gasteiger partial charge in [-0.2, -0.15) is 10.2 Å². The minimum absolute atomic E-state index is 0.249. The number of pyridine rings is 1. The number of benzene rings is 1. The number of carbonyl (C=O) groups is 1. The van der Waals surface area contributed by atoms with Crippen molar-refractivity contribution in [2.24, 2.45) is 7.05 Å². The third kappa shape index (κ3) is 3.16. The van der Waals surface area contributed by atoms with Crippen LogP contribution in [-0.4, -0.2) is 35.0 Å². The minimum Gasteiger partial charge on any atom is -0.320 e. The number of nitrogens with one attached hydrogen (secondary N) is 1. The highest BCUT2D eigenvalue weighted by molar-refractivity contribution is 6.07. The maximum absolute atomic E-state index is 14.5. The van der Waals surface area contributed by atoms with Crippen LogP contribution in [0.25, 0.3) is 22.5 Å². The number of aromatic nitrogens is 6. The van der Waals surface area contributed by atoms with Crippen LogP contribution in [0.4, 0.5) is 10.1 Å². The van der Waals surface area contributed by atoms with Crippen molar-refractivity contribution in [2.75, 3.05) is 5.32 Å². The molecule has 0 saturated heterocycles. The topological polar surface area (TPSA) is 82.6 Å². The summed E-state index contributed by atoms with van der Waals surface area (Å²) in [6, 6.07) is 11.8. The van der Waals surface area contributed by atoms with E-state index in [1.54, 1.807) is 46.0 Å². The van der Waals surface area contributed by atoms with Crippen molar-refractivity contribution >= 4 is 22.6 Å². The van der Waals surface area contributed by atoms with E-state index in [0.29, 0.717) is 17.1 Å². The van der Waals surface area contributed by atoms with Gasteiger partial charge in [-0.25, -0.2) is 14.1 Å². The fraction of sp³-hybridized carbons (Fsp3) is 0.0909. The average molecular weight is 415 g/mol. The molecule has 4 aromatic heterocycles. The molecule has 31 heavy (non-hydrogen) atoms. The molecule has 0 aliphatic rings. The Balaban J connectivity index is 1.57. The molecule has 1 aromatic carbocycles. The van der Waals surface area contributed by atoms with Gasteiger partial charge in [-0.05, 0) is 37.3 Å². The smallest absolute Gasteiger partial charge is 0.261 e. The standard InChI is InChI=1S/C22H18FN7O/c1-14-16-11-15(12-24-20(16)28(2)27-14)26-21(31)17-13-25-30(19-8-4-3-7-18(19)23)22(17)29-9-5-6-10-29/h3-13H,1-2H3,(H,26,31). The normalized spacial score (nSPS) is 11.2. The van der Waals surface area contributed by atoms with Crippen LogP contribution in [0.5, 0.6) is 0 Å². The van der Waals surface area contributed by atoms with E-state index in [2.05, 4.69) is 20.5 Å². The van der Waals surface area contributed by atoms with Crippen LogP contribution >= 0.6 is 0 Å². The molecule has 0 aliphatic carbocycles. The number of anilines is 1. The Morgan fingerprint density at radius 1 is 1.10 bits per heavy atom. The number of aryl methyl sites for hydroxylation is 2. The summed E-state index contributed by atoms with van der Waals surface area (Å²) < 4.78 is 19.3. The van der Waals surface area contributed by atoms with Crippen LogP contribution in [0.3, 0.4) is 0 Å². The number of fused-ring (bicyclic) bond motifs is 1. The number of carbonyl (C=O) groups excluding carboxylic acids is 1. The first-order valence-corrected chi connectivity index (χ1v) is 9.60. The third-order valence-electron chi connectivity index (χ3n) is 5.04. The number of rotatable bonds is 4. The largest absolute Gasteiger partial charge is 0.320 e. The first kappa shape index (κ1) is 18.7. The van der Waals surface area contributed by atoms with Gasteiger partial charge in [0.25, 0.3) is 5.91 Å². The molecule has 5 rings (SSSR count). The lowest BCUT2D eigenvalue weighted by molar-refractivity contribution is 0.102. The Bertz CT molecular complexity index is 1420. The van der Waals surface area contributed by atoms with E-state index < -0.39 is 5.82 Å². The second-order valence-electron chi connectivity index (χ2n) is 7.09. The summed E-state index contributed by atoms with van der Waals surface area (Å²) in [5.41, 5.74) is 2.63. The van der Waals surface area contributed by atoms with Gasteiger partial charge in [0.2, 0.25) is 0 Å². The van der Waals surface area contributed by atoms with Crippen molar-refractivity contribution in [1.29, 1.82) is 0 Å². The van der Waals surface area contributed by atoms with Gasteiger partial charge in [0.15, 0.2) is 11.5 Å². The van der Waals surface area contributed by atoms with Crippen LogP contribution in [0.15, 0.2) is 67.3 Å². The van der Waals surface area contributed by atoms with Gasteiger partial charge < -0.3 is 9.88 Å². The first-order chi connectivity index (χ1) is 15.0. The predicted octanol–water partition coefficient (Wildman–Crippen LogP) is 3.64. The number of hydrogen-bond acceptors (Lipinski definition) is 4. The van der Waals surface area contributed by atoms with Gasteiger partial charge in [-0.1, -0.05) is 12.1 Å². The molecule has 9 heteroatoms. The van der Waals surface area contributed by atoms with Crippen molar-refractivity contribution < 1.29 is 9.18 Å². The molecule has 1 amide bonds.